The molecule has 5 heteroatoms. The Bertz CT molecular complexity index is 917. The van der Waals surface area contributed by atoms with Gasteiger partial charge in [0.1, 0.15) is 5.82 Å². The number of fused-ring (bicyclic) bond motifs is 1. The van der Waals surface area contributed by atoms with E-state index in [0.717, 1.165) is 24.1 Å². The van der Waals surface area contributed by atoms with Crippen molar-refractivity contribution in [2.24, 2.45) is 0 Å². The summed E-state index contributed by atoms with van der Waals surface area (Å²) in [6.07, 6.45) is 4.34. The molecular weight excluding hydrogens is 329 g/mol. The van der Waals surface area contributed by atoms with Crippen molar-refractivity contribution >= 4 is 5.91 Å². The summed E-state index contributed by atoms with van der Waals surface area (Å²) in [5.74, 6) is -0.426. The van der Waals surface area contributed by atoms with Crippen LogP contribution in [0.15, 0.2) is 60.9 Å². The lowest BCUT2D eigenvalue weighted by molar-refractivity contribution is 0.0949. The number of halogens is 1. The molecule has 2 aromatic carbocycles. The van der Waals surface area contributed by atoms with Crippen molar-refractivity contribution < 1.29 is 9.18 Å². The summed E-state index contributed by atoms with van der Waals surface area (Å²) in [6.45, 7) is 1.38. The fourth-order valence-electron chi connectivity index (χ4n) is 3.40. The lowest BCUT2D eigenvalue weighted by Gasteiger charge is -2.26. The SMILES string of the molecule is O=C(NCC1Cc2ccccc2CN1)c1c[nH]cc1-c1ccc(F)cc1. The Balaban J connectivity index is 1.42. The van der Waals surface area contributed by atoms with Gasteiger partial charge in [0.2, 0.25) is 0 Å². The van der Waals surface area contributed by atoms with Crippen LogP contribution in [0.2, 0.25) is 0 Å². The maximum atomic E-state index is 13.1. The molecule has 1 aliphatic heterocycles. The second-order valence-corrected chi connectivity index (χ2v) is 6.55. The standard InChI is InChI=1S/C21H20FN3O/c22-17-7-5-14(6-8-17)19-12-23-13-20(19)21(26)25-11-18-9-15-3-1-2-4-16(15)10-24-18/h1-8,12-13,18,23-24H,9-11H2,(H,25,26). The van der Waals surface area contributed by atoms with Crippen molar-refractivity contribution in [3.63, 3.8) is 0 Å². The molecule has 1 amide bonds. The van der Waals surface area contributed by atoms with E-state index in [0.29, 0.717) is 12.1 Å². The van der Waals surface area contributed by atoms with Gasteiger partial charge in [-0.15, -0.1) is 0 Å². The van der Waals surface area contributed by atoms with E-state index in [1.807, 2.05) is 6.07 Å². The molecule has 0 radical (unpaired) electrons. The number of rotatable bonds is 4. The molecule has 1 aromatic heterocycles. The van der Waals surface area contributed by atoms with Crippen LogP contribution in [0.25, 0.3) is 11.1 Å². The van der Waals surface area contributed by atoms with Crippen molar-refractivity contribution in [1.82, 2.24) is 15.6 Å². The van der Waals surface area contributed by atoms with Gasteiger partial charge in [-0.25, -0.2) is 4.39 Å². The van der Waals surface area contributed by atoms with Gasteiger partial charge in [0.05, 0.1) is 5.56 Å². The third kappa shape index (κ3) is 3.39. The lowest BCUT2D eigenvalue weighted by atomic mass is 9.96. The Labute approximate surface area is 151 Å². The molecule has 4 rings (SSSR count). The molecule has 0 saturated heterocycles. The molecular formula is C21H20FN3O. The van der Waals surface area contributed by atoms with E-state index >= 15 is 0 Å². The largest absolute Gasteiger partial charge is 0.366 e. The van der Waals surface area contributed by atoms with Crippen LogP contribution in [0.1, 0.15) is 21.5 Å². The first-order valence-electron chi connectivity index (χ1n) is 8.72. The third-order valence-electron chi connectivity index (χ3n) is 4.82. The van der Waals surface area contributed by atoms with Crippen LogP contribution in [0.5, 0.6) is 0 Å². The van der Waals surface area contributed by atoms with E-state index in [1.54, 1.807) is 24.5 Å². The van der Waals surface area contributed by atoms with Gasteiger partial charge < -0.3 is 15.6 Å². The van der Waals surface area contributed by atoms with Crippen LogP contribution < -0.4 is 10.6 Å². The second kappa shape index (κ2) is 7.14. The average molecular weight is 349 g/mol. The highest BCUT2D eigenvalue weighted by molar-refractivity contribution is 6.00. The zero-order valence-electron chi connectivity index (χ0n) is 14.3. The summed E-state index contributed by atoms with van der Waals surface area (Å²) in [7, 11) is 0. The van der Waals surface area contributed by atoms with Crippen LogP contribution in [0.4, 0.5) is 4.39 Å². The Morgan fingerprint density at radius 1 is 1.08 bits per heavy atom. The molecule has 26 heavy (non-hydrogen) atoms. The van der Waals surface area contributed by atoms with Crippen molar-refractivity contribution in [2.45, 2.75) is 19.0 Å². The Kier molecular flexibility index (Phi) is 4.54. The normalized spacial score (nSPS) is 16.1. The fourth-order valence-corrected chi connectivity index (χ4v) is 3.40. The highest BCUT2D eigenvalue weighted by Crippen LogP contribution is 2.24. The van der Waals surface area contributed by atoms with E-state index in [9.17, 15) is 9.18 Å². The Hall–Kier alpha value is -2.92. The van der Waals surface area contributed by atoms with Gasteiger partial charge in [-0.05, 0) is 35.2 Å². The molecule has 4 nitrogen and oxygen atoms in total. The first kappa shape index (κ1) is 16.5. The van der Waals surface area contributed by atoms with Crippen LogP contribution in [0.3, 0.4) is 0 Å². The van der Waals surface area contributed by atoms with Gasteiger partial charge >= 0.3 is 0 Å². The number of nitrogens with one attached hydrogen (secondary N) is 3. The lowest BCUT2D eigenvalue weighted by Crippen LogP contribution is -2.44. The van der Waals surface area contributed by atoms with Crippen LogP contribution >= 0.6 is 0 Å². The van der Waals surface area contributed by atoms with Gasteiger partial charge in [-0.2, -0.15) is 0 Å². The second-order valence-electron chi connectivity index (χ2n) is 6.55. The molecule has 0 saturated carbocycles. The number of carbonyl (C=O) groups is 1. The third-order valence-corrected chi connectivity index (χ3v) is 4.82. The number of benzene rings is 2. The van der Waals surface area contributed by atoms with Crippen LogP contribution in [0, 0.1) is 5.82 Å². The number of aromatic amines is 1. The molecule has 3 aromatic rings. The summed E-state index contributed by atoms with van der Waals surface area (Å²) in [4.78, 5) is 15.6. The van der Waals surface area contributed by atoms with Gasteiger partial charge in [0.15, 0.2) is 0 Å². The fraction of sp³-hybridized carbons (Fsp3) is 0.190. The predicted molar refractivity (Wildman–Crippen MR) is 99.3 cm³/mol. The van der Waals surface area contributed by atoms with Crippen molar-refractivity contribution in [2.75, 3.05) is 6.54 Å². The highest BCUT2D eigenvalue weighted by atomic mass is 19.1. The molecule has 0 aliphatic carbocycles. The van der Waals surface area contributed by atoms with E-state index in [4.69, 9.17) is 0 Å². The van der Waals surface area contributed by atoms with Crippen LogP contribution in [-0.2, 0) is 13.0 Å². The van der Waals surface area contributed by atoms with Crippen LogP contribution in [-0.4, -0.2) is 23.5 Å². The molecule has 132 valence electrons. The zero-order valence-corrected chi connectivity index (χ0v) is 14.3. The van der Waals surface area contributed by atoms with Crippen molar-refractivity contribution in [3.8, 4) is 11.1 Å². The van der Waals surface area contributed by atoms with E-state index in [-0.39, 0.29) is 17.8 Å². The quantitative estimate of drug-likeness (QED) is 0.677. The molecule has 0 bridgehead atoms. The predicted octanol–water partition coefficient (Wildman–Crippen LogP) is 3.27. The summed E-state index contributed by atoms with van der Waals surface area (Å²) >= 11 is 0. The minimum Gasteiger partial charge on any atom is -0.366 e. The molecule has 1 aliphatic rings. The summed E-state index contributed by atoms with van der Waals surface area (Å²) in [5.41, 5.74) is 4.79. The minimum atomic E-state index is -0.293. The maximum absolute atomic E-state index is 13.1. The van der Waals surface area contributed by atoms with E-state index in [1.165, 1.54) is 23.3 Å². The molecule has 0 fully saturated rings. The molecule has 1 unspecified atom stereocenters. The number of carbonyl (C=O) groups excluding carboxylic acids is 1. The number of hydrogen-bond donors (Lipinski definition) is 3. The van der Waals surface area contributed by atoms with E-state index in [2.05, 4.69) is 33.8 Å². The Morgan fingerprint density at radius 2 is 1.85 bits per heavy atom. The molecule has 2 heterocycles. The highest BCUT2D eigenvalue weighted by Gasteiger charge is 2.19. The van der Waals surface area contributed by atoms with Crippen molar-refractivity contribution in [3.05, 3.63) is 83.4 Å². The number of H-pyrrole nitrogens is 1. The van der Waals surface area contributed by atoms with Gasteiger partial charge in [0, 0.05) is 37.1 Å². The zero-order chi connectivity index (χ0) is 17.9. The Morgan fingerprint density at radius 3 is 2.65 bits per heavy atom. The first-order valence-corrected chi connectivity index (χ1v) is 8.72. The van der Waals surface area contributed by atoms with Gasteiger partial charge in [-0.1, -0.05) is 36.4 Å². The van der Waals surface area contributed by atoms with E-state index < -0.39 is 0 Å². The smallest absolute Gasteiger partial charge is 0.253 e. The summed E-state index contributed by atoms with van der Waals surface area (Å²) in [5, 5.41) is 6.48. The summed E-state index contributed by atoms with van der Waals surface area (Å²) < 4.78 is 13.1. The topological polar surface area (TPSA) is 56.9 Å². The van der Waals surface area contributed by atoms with Gasteiger partial charge in [-0.3, -0.25) is 4.79 Å². The molecule has 3 N–H and O–H groups in total. The summed E-state index contributed by atoms with van der Waals surface area (Å²) in [6, 6.07) is 14.7. The minimum absolute atomic E-state index is 0.133. The van der Waals surface area contributed by atoms with Gasteiger partial charge in [0.25, 0.3) is 5.91 Å². The maximum Gasteiger partial charge on any atom is 0.253 e. The first-order chi connectivity index (χ1) is 12.7. The average Bonchev–Trinajstić information content (AvgIpc) is 3.16. The monoisotopic (exact) mass is 349 g/mol. The molecule has 1 atom stereocenters. The number of amides is 1. The van der Waals surface area contributed by atoms with Crippen molar-refractivity contribution in [1.29, 1.82) is 0 Å². The molecule has 0 spiro atoms. The number of aromatic nitrogens is 1. The number of hydrogen-bond acceptors (Lipinski definition) is 2.